The molecule has 1 fully saturated rings. The number of amides is 1. The summed E-state index contributed by atoms with van der Waals surface area (Å²) in [5, 5.41) is 12.7. The molecule has 0 bridgehead atoms. The smallest absolute Gasteiger partial charge is 0.328 e. The van der Waals surface area contributed by atoms with Gasteiger partial charge in [-0.25, -0.2) is 14.2 Å². The third kappa shape index (κ3) is 5.85. The van der Waals surface area contributed by atoms with Crippen LogP contribution in [0.5, 0.6) is 11.5 Å². The van der Waals surface area contributed by atoms with Crippen LogP contribution in [0, 0.1) is 18.7 Å². The maximum Gasteiger partial charge on any atom is 0.328 e. The number of carbonyl (C=O) groups excluding carboxylic acids is 2. The highest BCUT2D eigenvalue weighted by Crippen LogP contribution is 2.40. The number of pyridine rings is 1. The van der Waals surface area contributed by atoms with Crippen molar-refractivity contribution in [3.8, 4) is 11.5 Å². The van der Waals surface area contributed by atoms with E-state index in [0.29, 0.717) is 5.92 Å². The molecule has 0 radical (unpaired) electrons. The van der Waals surface area contributed by atoms with Crippen LogP contribution in [-0.4, -0.2) is 41.2 Å². The van der Waals surface area contributed by atoms with E-state index in [9.17, 15) is 19.1 Å². The molecule has 0 saturated heterocycles. The van der Waals surface area contributed by atoms with Gasteiger partial charge in [0.25, 0.3) is 5.91 Å². The van der Waals surface area contributed by atoms with Crippen LogP contribution in [0.15, 0.2) is 30.5 Å². The Morgan fingerprint density at radius 3 is 2.53 bits per heavy atom. The van der Waals surface area contributed by atoms with E-state index in [0.717, 1.165) is 36.8 Å². The second-order valence-electron chi connectivity index (χ2n) is 8.97. The van der Waals surface area contributed by atoms with Gasteiger partial charge in [-0.1, -0.05) is 25.3 Å². The normalized spacial score (nSPS) is 16.9. The third-order valence-corrected chi connectivity index (χ3v) is 6.58. The van der Waals surface area contributed by atoms with E-state index in [1.54, 1.807) is 6.07 Å². The van der Waals surface area contributed by atoms with Crippen molar-refractivity contribution in [3.05, 3.63) is 53.1 Å². The quantitative estimate of drug-likeness (QED) is 0.543. The van der Waals surface area contributed by atoms with Gasteiger partial charge in [-0.05, 0) is 62.8 Å². The van der Waals surface area contributed by atoms with Crippen LogP contribution in [0.25, 0.3) is 0 Å². The predicted molar refractivity (Wildman–Crippen MR) is 125 cm³/mol. The molecule has 1 aromatic heterocycles. The summed E-state index contributed by atoms with van der Waals surface area (Å²) >= 11 is 0. The minimum atomic E-state index is -0.969. The number of hydrogen-bond acceptors (Lipinski definition) is 6. The Bertz CT molecular complexity index is 1020. The Balaban J connectivity index is 1.73. The number of aryl methyl sites for hydroxylation is 1. The van der Waals surface area contributed by atoms with Crippen LogP contribution < -0.4 is 10.1 Å². The summed E-state index contributed by atoms with van der Waals surface area (Å²) in [6.45, 7) is 5.24. The number of esters is 1. The first kappa shape index (κ1) is 25.5. The SMILES string of the molecule is COc1ccnc(C(=O)N[C@@H](C)C(=O)O[C@@H](C)[C@@H](c2ccc(F)cc2C)C2CCCCC2)c1O. The number of nitrogens with one attached hydrogen (secondary N) is 1. The molecule has 1 aromatic carbocycles. The van der Waals surface area contributed by atoms with Crippen LogP contribution >= 0.6 is 0 Å². The highest BCUT2D eigenvalue weighted by molar-refractivity contribution is 5.97. The molecule has 8 heteroatoms. The largest absolute Gasteiger partial charge is 0.503 e. The maximum absolute atomic E-state index is 13.8. The van der Waals surface area contributed by atoms with Crippen molar-refractivity contribution in [2.24, 2.45) is 5.92 Å². The monoisotopic (exact) mass is 472 g/mol. The molecule has 2 aromatic rings. The lowest BCUT2D eigenvalue weighted by molar-refractivity contribution is -0.152. The first-order valence-corrected chi connectivity index (χ1v) is 11.7. The lowest BCUT2D eigenvalue weighted by Gasteiger charge is -2.35. The fraction of sp³-hybridized carbons (Fsp3) is 0.500. The molecular formula is C26H33FN2O5. The predicted octanol–water partition coefficient (Wildman–Crippen LogP) is 4.66. The fourth-order valence-electron chi connectivity index (χ4n) is 4.85. The molecular weight excluding hydrogens is 439 g/mol. The van der Waals surface area contributed by atoms with Crippen LogP contribution in [0.3, 0.4) is 0 Å². The van der Waals surface area contributed by atoms with Gasteiger partial charge in [0, 0.05) is 18.2 Å². The number of nitrogens with zero attached hydrogens (tertiary/aromatic N) is 1. The van der Waals surface area contributed by atoms with Gasteiger partial charge in [0.05, 0.1) is 7.11 Å². The van der Waals surface area contributed by atoms with Crippen LogP contribution in [0.2, 0.25) is 0 Å². The number of benzene rings is 1. The van der Waals surface area contributed by atoms with Gasteiger partial charge in [0.1, 0.15) is 18.0 Å². The minimum absolute atomic E-state index is 0.0724. The Hall–Kier alpha value is -3.16. The Labute approximate surface area is 199 Å². The number of methoxy groups -OCH3 is 1. The topological polar surface area (TPSA) is 97.8 Å². The molecule has 1 aliphatic carbocycles. The zero-order valence-electron chi connectivity index (χ0n) is 20.1. The van der Waals surface area contributed by atoms with Crippen molar-refractivity contribution in [3.63, 3.8) is 0 Å². The molecule has 34 heavy (non-hydrogen) atoms. The standard InChI is InChI=1S/C26H33FN2O5/c1-15-14-19(27)10-11-20(15)22(18-8-6-5-7-9-18)17(3)34-26(32)16(2)29-25(31)23-24(30)21(33-4)12-13-28-23/h10-14,16-18,22,30H,5-9H2,1-4H3,(H,29,31)/t16-,17-,22+/m0/s1. The van der Waals surface area contributed by atoms with Gasteiger partial charge in [-0.15, -0.1) is 0 Å². The van der Waals surface area contributed by atoms with Gasteiger partial charge < -0.3 is 19.9 Å². The fourth-order valence-corrected chi connectivity index (χ4v) is 4.85. The van der Waals surface area contributed by atoms with Crippen molar-refractivity contribution in [1.29, 1.82) is 0 Å². The van der Waals surface area contributed by atoms with E-state index in [1.165, 1.54) is 44.9 Å². The zero-order valence-corrected chi connectivity index (χ0v) is 20.1. The lowest BCUT2D eigenvalue weighted by atomic mass is 9.73. The van der Waals surface area contributed by atoms with E-state index < -0.39 is 29.8 Å². The molecule has 7 nitrogen and oxygen atoms in total. The van der Waals surface area contributed by atoms with Gasteiger partial charge >= 0.3 is 5.97 Å². The number of rotatable bonds is 8. The Morgan fingerprint density at radius 2 is 1.88 bits per heavy atom. The number of ether oxygens (including phenoxy) is 2. The van der Waals surface area contributed by atoms with Gasteiger partial charge in [-0.3, -0.25) is 4.79 Å². The van der Waals surface area contributed by atoms with Crippen LogP contribution in [0.4, 0.5) is 4.39 Å². The second-order valence-corrected chi connectivity index (χ2v) is 8.97. The molecule has 1 aliphatic rings. The number of carbonyl (C=O) groups is 2. The van der Waals surface area contributed by atoms with Crippen molar-refractivity contribution >= 4 is 11.9 Å². The van der Waals surface area contributed by atoms with Crippen molar-refractivity contribution < 1.29 is 28.6 Å². The van der Waals surface area contributed by atoms with E-state index >= 15 is 0 Å². The number of aromatic nitrogens is 1. The molecule has 1 saturated carbocycles. The van der Waals surface area contributed by atoms with E-state index in [2.05, 4.69) is 10.3 Å². The summed E-state index contributed by atoms with van der Waals surface area (Å²) in [7, 11) is 1.36. The number of hydrogen-bond donors (Lipinski definition) is 2. The summed E-state index contributed by atoms with van der Waals surface area (Å²) in [4.78, 5) is 29.3. The summed E-state index contributed by atoms with van der Waals surface area (Å²) in [5.41, 5.74) is 1.57. The van der Waals surface area contributed by atoms with Gasteiger partial charge in [0.15, 0.2) is 17.2 Å². The summed E-state index contributed by atoms with van der Waals surface area (Å²) < 4.78 is 24.6. The van der Waals surface area contributed by atoms with Crippen LogP contribution in [-0.2, 0) is 9.53 Å². The zero-order chi connectivity index (χ0) is 24.8. The summed E-state index contributed by atoms with van der Waals surface area (Å²) in [6.07, 6.45) is 6.33. The second kappa shape index (κ2) is 11.3. The molecule has 184 valence electrons. The molecule has 3 atom stereocenters. The Morgan fingerprint density at radius 1 is 1.18 bits per heavy atom. The molecule has 2 N–H and O–H groups in total. The third-order valence-electron chi connectivity index (χ3n) is 6.58. The molecule has 0 spiro atoms. The molecule has 0 unspecified atom stereocenters. The maximum atomic E-state index is 13.8. The molecule has 3 rings (SSSR count). The summed E-state index contributed by atoms with van der Waals surface area (Å²) in [6, 6.07) is 5.20. The highest BCUT2D eigenvalue weighted by Gasteiger charge is 2.34. The Kier molecular flexibility index (Phi) is 8.47. The average Bonchev–Trinajstić information content (AvgIpc) is 2.81. The van der Waals surface area contributed by atoms with Crippen molar-refractivity contribution in [2.75, 3.05) is 7.11 Å². The van der Waals surface area contributed by atoms with E-state index in [-0.39, 0.29) is 23.2 Å². The lowest BCUT2D eigenvalue weighted by Crippen LogP contribution is -2.42. The van der Waals surface area contributed by atoms with Gasteiger partial charge in [-0.2, -0.15) is 0 Å². The van der Waals surface area contributed by atoms with Crippen molar-refractivity contribution in [2.45, 2.75) is 70.9 Å². The minimum Gasteiger partial charge on any atom is -0.503 e. The molecule has 0 aliphatic heterocycles. The number of halogens is 1. The average molecular weight is 473 g/mol. The first-order chi connectivity index (χ1) is 16.2. The van der Waals surface area contributed by atoms with E-state index in [4.69, 9.17) is 9.47 Å². The first-order valence-electron chi connectivity index (χ1n) is 11.7. The van der Waals surface area contributed by atoms with Crippen LogP contribution in [0.1, 0.15) is 73.5 Å². The molecule has 1 amide bonds. The van der Waals surface area contributed by atoms with Gasteiger partial charge in [0.2, 0.25) is 0 Å². The highest BCUT2D eigenvalue weighted by atomic mass is 19.1. The summed E-state index contributed by atoms with van der Waals surface area (Å²) in [5.74, 6) is -1.65. The van der Waals surface area contributed by atoms with Crippen molar-refractivity contribution in [1.82, 2.24) is 10.3 Å². The number of aromatic hydroxyl groups is 1. The van der Waals surface area contributed by atoms with E-state index in [1.807, 2.05) is 13.8 Å². The molecule has 1 heterocycles.